The first-order valence-corrected chi connectivity index (χ1v) is 16.9. The molecule has 2 aliphatic heterocycles. The first-order valence-electron chi connectivity index (χ1n) is 15.4. The summed E-state index contributed by atoms with van der Waals surface area (Å²) in [7, 11) is -2.45. The Morgan fingerprint density at radius 1 is 1.20 bits per heavy atom. The highest BCUT2D eigenvalue weighted by Gasteiger charge is 2.63. The highest BCUT2D eigenvalue weighted by Crippen LogP contribution is 2.47. The molecule has 0 aromatic rings. The normalized spacial score (nSPS) is 34.8. The monoisotopic (exact) mass is 640 g/mol. The molecule has 2 aliphatic carbocycles. The number of sulfonamides is 1. The molecule has 0 spiro atoms. The van der Waals surface area contributed by atoms with Crippen molar-refractivity contribution in [1.82, 2.24) is 20.3 Å². The molecule has 0 aromatic heterocycles. The predicted molar refractivity (Wildman–Crippen MR) is 160 cm³/mol. The van der Waals surface area contributed by atoms with E-state index in [0.29, 0.717) is 25.7 Å². The van der Waals surface area contributed by atoms with Gasteiger partial charge in [0.15, 0.2) is 0 Å². The zero-order valence-corrected chi connectivity index (χ0v) is 27.4. The van der Waals surface area contributed by atoms with Gasteiger partial charge in [0, 0.05) is 31.9 Å². The highest BCUT2D eigenvalue weighted by atomic mass is 32.2. The quantitative estimate of drug-likeness (QED) is 0.312. The largest absolute Gasteiger partial charge is 0.444 e. The second-order valence-corrected chi connectivity index (χ2v) is 16.4. The van der Waals surface area contributed by atoms with E-state index in [-0.39, 0.29) is 31.9 Å². The van der Waals surface area contributed by atoms with Gasteiger partial charge in [0.1, 0.15) is 23.2 Å². The van der Waals surface area contributed by atoms with E-state index in [1.807, 2.05) is 19.1 Å². The standard InChI is InChI=1S/C30H48N4O9S/c1-18-9-7-8-10-20-15-30(20,26(38)33-44(40,41)29(5)11-12-29)32-24(36)22-14-21(35)16-34(22)25(37)23(19(13-18)17-42-6)31-27(39)43-28(2,3)4/h8,10,18-23,35H,7,9,11-17H2,1-6H3,(H,31,39)(H,32,36)(H,33,38)/b10-8-/t18-,19+,20-,21-,22+,23+,30-/m1/s1. The van der Waals surface area contributed by atoms with Crippen molar-refractivity contribution in [1.29, 1.82) is 0 Å². The number of aliphatic hydroxyl groups is 1. The van der Waals surface area contributed by atoms with E-state index in [1.165, 1.54) is 12.0 Å². The van der Waals surface area contributed by atoms with Crippen molar-refractivity contribution < 1.29 is 42.2 Å². The fourth-order valence-electron chi connectivity index (χ4n) is 6.16. The van der Waals surface area contributed by atoms with Crippen molar-refractivity contribution in [3.05, 3.63) is 12.2 Å². The van der Waals surface area contributed by atoms with Crippen molar-refractivity contribution in [2.24, 2.45) is 17.8 Å². The highest BCUT2D eigenvalue weighted by molar-refractivity contribution is 7.91. The minimum Gasteiger partial charge on any atom is -0.444 e. The van der Waals surface area contributed by atoms with Crippen LogP contribution >= 0.6 is 0 Å². The summed E-state index contributed by atoms with van der Waals surface area (Å²) in [6, 6.07) is -2.28. The molecule has 4 amide bonds. The van der Waals surface area contributed by atoms with Crippen LogP contribution in [0.4, 0.5) is 4.79 Å². The summed E-state index contributed by atoms with van der Waals surface area (Å²) in [5, 5.41) is 16.1. The summed E-state index contributed by atoms with van der Waals surface area (Å²) < 4.78 is 37.9. The number of aliphatic hydroxyl groups excluding tert-OH is 1. The molecule has 4 rings (SSSR count). The maximum absolute atomic E-state index is 14.2. The lowest BCUT2D eigenvalue weighted by molar-refractivity contribution is -0.142. The third-order valence-electron chi connectivity index (χ3n) is 9.15. The topological polar surface area (TPSA) is 180 Å². The van der Waals surface area contributed by atoms with Crippen LogP contribution in [-0.2, 0) is 33.9 Å². The Balaban J connectivity index is 1.66. The third-order valence-corrected chi connectivity index (χ3v) is 11.3. The van der Waals surface area contributed by atoms with Crippen LogP contribution in [0.15, 0.2) is 12.2 Å². The second kappa shape index (κ2) is 12.6. The van der Waals surface area contributed by atoms with Gasteiger partial charge >= 0.3 is 6.09 Å². The first-order chi connectivity index (χ1) is 20.4. The maximum Gasteiger partial charge on any atom is 0.408 e. The number of alkyl carbamates (subject to hydrolysis) is 1. The van der Waals surface area contributed by atoms with E-state index in [2.05, 4.69) is 15.4 Å². The molecule has 248 valence electrons. The average Bonchev–Trinajstić information content (AvgIpc) is 3.78. The molecule has 0 radical (unpaired) electrons. The van der Waals surface area contributed by atoms with E-state index in [0.717, 1.165) is 6.42 Å². The first kappa shape index (κ1) is 34.2. The fraction of sp³-hybridized carbons (Fsp3) is 0.800. The van der Waals surface area contributed by atoms with Crippen molar-refractivity contribution in [2.45, 2.75) is 114 Å². The lowest BCUT2D eigenvalue weighted by Crippen LogP contribution is -2.60. The molecule has 44 heavy (non-hydrogen) atoms. The number of fused-ring (bicyclic) bond motifs is 2. The number of allylic oxidation sites excluding steroid dienone is 1. The van der Waals surface area contributed by atoms with Gasteiger partial charge in [-0.05, 0) is 72.1 Å². The van der Waals surface area contributed by atoms with E-state index in [4.69, 9.17) is 9.47 Å². The van der Waals surface area contributed by atoms with Crippen LogP contribution in [-0.4, -0.2) is 96.6 Å². The minimum absolute atomic E-state index is 0.0867. The number of hydrogen-bond donors (Lipinski definition) is 4. The second-order valence-electron chi connectivity index (χ2n) is 14.2. The average molecular weight is 641 g/mol. The number of ether oxygens (including phenoxy) is 2. The molecule has 4 aliphatic rings. The van der Waals surface area contributed by atoms with Crippen molar-refractivity contribution >= 4 is 33.8 Å². The molecule has 0 unspecified atom stereocenters. The number of nitrogens with zero attached hydrogens (tertiary/aromatic N) is 1. The smallest absolute Gasteiger partial charge is 0.408 e. The zero-order chi connectivity index (χ0) is 32.7. The molecular formula is C30H48N4O9S. The number of rotatable bonds is 6. The zero-order valence-electron chi connectivity index (χ0n) is 26.6. The van der Waals surface area contributed by atoms with Crippen LogP contribution < -0.4 is 15.4 Å². The number of amides is 4. The van der Waals surface area contributed by atoms with Gasteiger partial charge in [-0.1, -0.05) is 19.1 Å². The van der Waals surface area contributed by atoms with Gasteiger partial charge in [0.25, 0.3) is 5.91 Å². The van der Waals surface area contributed by atoms with Crippen LogP contribution in [0.25, 0.3) is 0 Å². The van der Waals surface area contributed by atoms with Crippen LogP contribution in [0.2, 0.25) is 0 Å². The van der Waals surface area contributed by atoms with Crippen LogP contribution in [0.5, 0.6) is 0 Å². The van der Waals surface area contributed by atoms with Crippen molar-refractivity contribution in [3.8, 4) is 0 Å². The van der Waals surface area contributed by atoms with E-state index in [9.17, 15) is 32.7 Å². The van der Waals surface area contributed by atoms with Crippen molar-refractivity contribution in [3.63, 3.8) is 0 Å². The SMILES string of the molecule is COC[C@@H]1C[C@H](C)CC/C=C\[C@@H]2C[C@@]2(C(=O)NS(=O)(=O)C2(C)CC2)NC(=O)[C@@H]2C[C@@H](O)CN2C(=O)[C@H]1NC(=O)OC(C)(C)C. The summed E-state index contributed by atoms with van der Waals surface area (Å²) in [5.74, 6) is -2.87. The van der Waals surface area contributed by atoms with E-state index < -0.39 is 79.7 Å². The Hall–Kier alpha value is -2.71. The van der Waals surface area contributed by atoms with Gasteiger partial charge in [0.05, 0.1) is 17.5 Å². The maximum atomic E-state index is 14.2. The Morgan fingerprint density at radius 2 is 1.89 bits per heavy atom. The summed E-state index contributed by atoms with van der Waals surface area (Å²) in [5.41, 5.74) is -2.33. The molecule has 1 saturated heterocycles. The van der Waals surface area contributed by atoms with Gasteiger partial charge in [-0.25, -0.2) is 13.2 Å². The molecule has 2 heterocycles. The Kier molecular flexibility index (Phi) is 9.78. The fourth-order valence-corrected chi connectivity index (χ4v) is 7.47. The number of carbonyl (C=O) groups is 4. The summed E-state index contributed by atoms with van der Waals surface area (Å²) in [6.07, 6.45) is 4.85. The van der Waals surface area contributed by atoms with Gasteiger partial charge in [-0.15, -0.1) is 0 Å². The Labute approximate surface area is 259 Å². The van der Waals surface area contributed by atoms with Crippen LogP contribution in [0.3, 0.4) is 0 Å². The van der Waals surface area contributed by atoms with Crippen LogP contribution in [0.1, 0.15) is 79.6 Å². The molecule has 2 saturated carbocycles. The van der Waals surface area contributed by atoms with Gasteiger partial charge in [-0.3, -0.25) is 19.1 Å². The van der Waals surface area contributed by atoms with Crippen LogP contribution in [0, 0.1) is 17.8 Å². The minimum atomic E-state index is -3.96. The third kappa shape index (κ3) is 7.56. The summed E-state index contributed by atoms with van der Waals surface area (Å²) >= 11 is 0. The molecule has 7 atom stereocenters. The molecule has 4 N–H and O–H groups in total. The predicted octanol–water partition coefficient (Wildman–Crippen LogP) is 1.35. The van der Waals surface area contributed by atoms with Gasteiger partial charge in [0.2, 0.25) is 21.8 Å². The lowest BCUT2D eigenvalue weighted by atomic mass is 9.87. The Bertz CT molecular complexity index is 1280. The molecule has 0 bridgehead atoms. The Morgan fingerprint density at radius 3 is 2.50 bits per heavy atom. The molecule has 0 aromatic carbocycles. The molecule has 3 fully saturated rings. The van der Waals surface area contributed by atoms with Gasteiger partial charge in [-0.2, -0.15) is 0 Å². The molecule has 14 heteroatoms. The van der Waals surface area contributed by atoms with E-state index in [1.54, 1.807) is 27.7 Å². The van der Waals surface area contributed by atoms with Gasteiger partial charge < -0.3 is 30.1 Å². The molecule has 13 nitrogen and oxygen atoms in total. The number of methoxy groups -OCH3 is 1. The summed E-state index contributed by atoms with van der Waals surface area (Å²) in [6.45, 7) is 8.72. The summed E-state index contributed by atoms with van der Waals surface area (Å²) in [4.78, 5) is 55.7. The number of nitrogens with one attached hydrogen (secondary N) is 3. The molecular weight excluding hydrogens is 592 g/mol. The van der Waals surface area contributed by atoms with Crippen molar-refractivity contribution in [2.75, 3.05) is 20.3 Å². The van der Waals surface area contributed by atoms with E-state index >= 15 is 0 Å². The lowest BCUT2D eigenvalue weighted by Gasteiger charge is -2.34. The number of carbonyl (C=O) groups excluding carboxylic acids is 4. The number of hydrogen-bond acceptors (Lipinski definition) is 9.